The van der Waals surface area contributed by atoms with Gasteiger partial charge in [-0.2, -0.15) is 0 Å². The Kier molecular flexibility index (Phi) is 2.43. The van der Waals surface area contributed by atoms with Crippen LogP contribution in [0.1, 0.15) is 24.8 Å². The third-order valence-corrected chi connectivity index (χ3v) is 3.44. The van der Waals surface area contributed by atoms with Crippen molar-refractivity contribution in [2.24, 2.45) is 5.73 Å². The van der Waals surface area contributed by atoms with Crippen LogP contribution in [0.2, 0.25) is 5.02 Å². The van der Waals surface area contributed by atoms with Gasteiger partial charge in [0.05, 0.1) is 5.41 Å². The van der Waals surface area contributed by atoms with Gasteiger partial charge in [-0.1, -0.05) is 24.1 Å². The van der Waals surface area contributed by atoms with E-state index in [2.05, 4.69) is 0 Å². The molecule has 4 heteroatoms. The van der Waals surface area contributed by atoms with Gasteiger partial charge in [-0.25, -0.2) is 4.39 Å². The number of rotatable bonds is 2. The molecule has 1 fully saturated rings. The van der Waals surface area contributed by atoms with Gasteiger partial charge in [-0.15, -0.1) is 0 Å². The number of primary amides is 1. The zero-order chi connectivity index (χ0) is 11.1. The first kappa shape index (κ1) is 10.4. The average molecular weight is 228 g/mol. The summed E-state index contributed by atoms with van der Waals surface area (Å²) in [5.74, 6) is -0.773. The van der Waals surface area contributed by atoms with E-state index in [-0.39, 0.29) is 10.9 Å². The lowest BCUT2D eigenvalue weighted by atomic mass is 9.64. The summed E-state index contributed by atoms with van der Waals surface area (Å²) >= 11 is 5.92. The van der Waals surface area contributed by atoms with Crippen molar-refractivity contribution >= 4 is 17.5 Å². The standard InChI is InChI=1S/C11H11ClFNO/c12-9-6-7(13)2-3-8(9)11(10(14)15)4-1-5-11/h2-3,6H,1,4-5H2,(H2,14,15). The van der Waals surface area contributed by atoms with E-state index in [0.29, 0.717) is 18.4 Å². The Morgan fingerprint density at radius 2 is 2.13 bits per heavy atom. The van der Waals surface area contributed by atoms with Crippen LogP contribution in [-0.2, 0) is 10.2 Å². The molecule has 0 atom stereocenters. The van der Waals surface area contributed by atoms with Gasteiger partial charge in [0.15, 0.2) is 0 Å². The van der Waals surface area contributed by atoms with E-state index >= 15 is 0 Å². The van der Waals surface area contributed by atoms with Crippen LogP contribution in [0.15, 0.2) is 18.2 Å². The smallest absolute Gasteiger partial charge is 0.228 e. The maximum Gasteiger partial charge on any atom is 0.228 e. The first-order valence-electron chi connectivity index (χ1n) is 4.82. The van der Waals surface area contributed by atoms with Gasteiger partial charge in [0, 0.05) is 5.02 Å². The lowest BCUT2D eigenvalue weighted by Gasteiger charge is -2.39. The number of hydrogen-bond donors (Lipinski definition) is 1. The van der Waals surface area contributed by atoms with Crippen molar-refractivity contribution in [3.63, 3.8) is 0 Å². The molecule has 15 heavy (non-hydrogen) atoms. The molecular formula is C11H11ClFNO. The van der Waals surface area contributed by atoms with Crippen LogP contribution in [0.5, 0.6) is 0 Å². The Balaban J connectivity index is 2.48. The molecule has 0 aromatic heterocycles. The fourth-order valence-corrected chi connectivity index (χ4v) is 2.40. The predicted molar refractivity (Wildman–Crippen MR) is 56.1 cm³/mol. The summed E-state index contributed by atoms with van der Waals surface area (Å²) in [5.41, 5.74) is 5.38. The number of nitrogens with two attached hydrogens (primary N) is 1. The summed E-state index contributed by atoms with van der Waals surface area (Å²) in [6.45, 7) is 0. The lowest BCUT2D eigenvalue weighted by Crippen LogP contribution is -2.46. The molecule has 1 aromatic rings. The maximum absolute atomic E-state index is 12.9. The number of halogens is 2. The second-order valence-corrected chi connectivity index (χ2v) is 4.33. The Bertz CT molecular complexity index is 415. The molecule has 2 nitrogen and oxygen atoms in total. The van der Waals surface area contributed by atoms with Crippen molar-refractivity contribution in [3.05, 3.63) is 34.6 Å². The highest BCUT2D eigenvalue weighted by Crippen LogP contribution is 2.46. The fraction of sp³-hybridized carbons (Fsp3) is 0.364. The minimum Gasteiger partial charge on any atom is -0.369 e. The van der Waals surface area contributed by atoms with Crippen LogP contribution < -0.4 is 5.73 Å². The molecule has 1 aromatic carbocycles. The van der Waals surface area contributed by atoms with E-state index in [1.807, 2.05) is 0 Å². The van der Waals surface area contributed by atoms with Gasteiger partial charge >= 0.3 is 0 Å². The van der Waals surface area contributed by atoms with E-state index in [9.17, 15) is 9.18 Å². The SMILES string of the molecule is NC(=O)C1(c2ccc(F)cc2Cl)CCC1. The second-order valence-electron chi connectivity index (χ2n) is 3.92. The van der Waals surface area contributed by atoms with Gasteiger partial charge in [-0.05, 0) is 30.5 Å². The van der Waals surface area contributed by atoms with Crippen LogP contribution in [-0.4, -0.2) is 5.91 Å². The molecule has 1 saturated carbocycles. The highest BCUT2D eigenvalue weighted by molar-refractivity contribution is 6.31. The third kappa shape index (κ3) is 1.51. The zero-order valence-corrected chi connectivity index (χ0v) is 8.85. The summed E-state index contributed by atoms with van der Waals surface area (Å²) in [7, 11) is 0. The van der Waals surface area contributed by atoms with Crippen molar-refractivity contribution in [2.45, 2.75) is 24.7 Å². The highest BCUT2D eigenvalue weighted by atomic mass is 35.5. The summed E-state index contributed by atoms with van der Waals surface area (Å²) in [5, 5.41) is 0.286. The van der Waals surface area contributed by atoms with Crippen LogP contribution in [0.25, 0.3) is 0 Å². The number of carbonyl (C=O) groups is 1. The molecule has 2 N–H and O–H groups in total. The summed E-state index contributed by atoms with van der Waals surface area (Å²) < 4.78 is 12.9. The van der Waals surface area contributed by atoms with Gasteiger partial charge < -0.3 is 5.73 Å². The fourth-order valence-electron chi connectivity index (χ4n) is 2.06. The van der Waals surface area contributed by atoms with Crippen molar-refractivity contribution in [3.8, 4) is 0 Å². The molecule has 0 bridgehead atoms. The van der Waals surface area contributed by atoms with Crippen LogP contribution in [0.3, 0.4) is 0 Å². The monoisotopic (exact) mass is 227 g/mol. The van der Waals surface area contributed by atoms with Gasteiger partial charge in [0.1, 0.15) is 5.82 Å². The van der Waals surface area contributed by atoms with Crippen molar-refractivity contribution < 1.29 is 9.18 Å². The van der Waals surface area contributed by atoms with Crippen LogP contribution >= 0.6 is 11.6 Å². The van der Waals surface area contributed by atoms with Gasteiger partial charge in [0.25, 0.3) is 0 Å². The van der Waals surface area contributed by atoms with Gasteiger partial charge in [-0.3, -0.25) is 4.79 Å². The van der Waals surface area contributed by atoms with Crippen molar-refractivity contribution in [1.29, 1.82) is 0 Å². The lowest BCUT2D eigenvalue weighted by molar-refractivity contribution is -0.126. The molecule has 0 radical (unpaired) electrons. The molecule has 0 heterocycles. The van der Waals surface area contributed by atoms with Crippen LogP contribution in [0.4, 0.5) is 4.39 Å². The van der Waals surface area contributed by atoms with Crippen LogP contribution in [0, 0.1) is 5.82 Å². The molecule has 0 spiro atoms. The molecule has 1 amide bonds. The molecule has 0 aliphatic heterocycles. The van der Waals surface area contributed by atoms with E-state index in [4.69, 9.17) is 17.3 Å². The largest absolute Gasteiger partial charge is 0.369 e. The molecule has 1 aliphatic carbocycles. The zero-order valence-electron chi connectivity index (χ0n) is 8.09. The van der Waals surface area contributed by atoms with E-state index in [1.54, 1.807) is 6.07 Å². The summed E-state index contributed by atoms with van der Waals surface area (Å²) in [6.07, 6.45) is 2.36. The molecule has 0 unspecified atom stereocenters. The number of carbonyl (C=O) groups excluding carboxylic acids is 1. The highest BCUT2D eigenvalue weighted by Gasteiger charge is 2.45. The molecule has 0 saturated heterocycles. The van der Waals surface area contributed by atoms with E-state index in [1.165, 1.54) is 12.1 Å². The van der Waals surface area contributed by atoms with E-state index < -0.39 is 11.2 Å². The topological polar surface area (TPSA) is 43.1 Å². The Morgan fingerprint density at radius 3 is 2.53 bits per heavy atom. The Morgan fingerprint density at radius 1 is 1.47 bits per heavy atom. The normalized spacial score (nSPS) is 18.3. The second kappa shape index (κ2) is 3.49. The van der Waals surface area contributed by atoms with Crippen molar-refractivity contribution in [1.82, 2.24) is 0 Å². The summed E-state index contributed by atoms with van der Waals surface area (Å²) in [4.78, 5) is 11.4. The Hall–Kier alpha value is -1.09. The number of amides is 1. The average Bonchev–Trinajstić information content (AvgIpc) is 2.05. The first-order chi connectivity index (χ1) is 7.06. The maximum atomic E-state index is 12.9. The first-order valence-corrected chi connectivity index (χ1v) is 5.19. The quantitative estimate of drug-likeness (QED) is 0.828. The predicted octanol–water partition coefficient (Wildman–Crippen LogP) is 2.39. The summed E-state index contributed by atoms with van der Waals surface area (Å²) in [6, 6.07) is 4.09. The molecule has 80 valence electrons. The molecule has 1 aliphatic rings. The van der Waals surface area contributed by atoms with Gasteiger partial charge in [0.2, 0.25) is 5.91 Å². The minimum absolute atomic E-state index is 0.286. The third-order valence-electron chi connectivity index (χ3n) is 3.13. The number of benzene rings is 1. The van der Waals surface area contributed by atoms with Crippen molar-refractivity contribution in [2.75, 3.05) is 0 Å². The molecule has 2 rings (SSSR count). The number of hydrogen-bond acceptors (Lipinski definition) is 1. The van der Waals surface area contributed by atoms with E-state index in [0.717, 1.165) is 6.42 Å². The Labute approximate surface area is 92.2 Å². The minimum atomic E-state index is -0.662. The molecular weight excluding hydrogens is 217 g/mol.